The molecule has 1 unspecified atom stereocenters. The molecule has 1 aliphatic rings. The SMILES string of the molecule is N#CSc1ccc(CC2CN(CC(N)=O)CCN(CCN=O)CCN(CC(N)=O)CCN2CC(N)=O)cc1. The molecule has 0 saturated carbocycles. The van der Waals surface area contributed by atoms with E-state index in [4.69, 9.17) is 22.5 Å². The monoisotopic (exact) mass is 547 g/mol. The first kappa shape index (κ1) is 31.1. The third-order valence-corrected chi connectivity index (χ3v) is 6.94. The van der Waals surface area contributed by atoms with Gasteiger partial charge in [-0.15, -0.1) is 0 Å². The van der Waals surface area contributed by atoms with Crippen LogP contribution in [0.25, 0.3) is 0 Å². The Labute approximate surface area is 227 Å². The number of primary amides is 3. The largest absolute Gasteiger partial charge is 0.369 e. The van der Waals surface area contributed by atoms with Crippen LogP contribution in [0.2, 0.25) is 0 Å². The number of hydrogen-bond donors (Lipinski definition) is 3. The summed E-state index contributed by atoms with van der Waals surface area (Å²) in [6.45, 7) is 4.12. The Morgan fingerprint density at radius 2 is 1.42 bits per heavy atom. The standard InChI is InChI=1S/C24H37N9O4S/c25-18-38-21-3-1-19(2-4-21)13-20-14-32(16-23(27)35)10-8-30(6-5-29-37)7-9-31(15-22(26)34)11-12-33(20)17-24(28)36/h1-4,20H,5-17H2,(H2,26,34)(H2,27,35)(H2,28,36). The van der Waals surface area contributed by atoms with Gasteiger partial charge in [-0.2, -0.15) is 10.2 Å². The van der Waals surface area contributed by atoms with Gasteiger partial charge in [0.05, 0.1) is 26.2 Å². The molecule has 1 aromatic carbocycles. The van der Waals surface area contributed by atoms with Crippen LogP contribution >= 0.6 is 11.8 Å². The molecule has 1 heterocycles. The van der Waals surface area contributed by atoms with Crippen molar-refractivity contribution < 1.29 is 14.4 Å². The van der Waals surface area contributed by atoms with Gasteiger partial charge in [0.1, 0.15) is 5.40 Å². The van der Waals surface area contributed by atoms with Crippen molar-refractivity contribution in [2.45, 2.75) is 17.4 Å². The lowest BCUT2D eigenvalue weighted by molar-refractivity contribution is -0.122. The van der Waals surface area contributed by atoms with Gasteiger partial charge in [-0.3, -0.25) is 34.0 Å². The van der Waals surface area contributed by atoms with Crippen molar-refractivity contribution in [3.63, 3.8) is 0 Å². The molecule has 38 heavy (non-hydrogen) atoms. The maximum Gasteiger partial charge on any atom is 0.231 e. The molecular formula is C24H37N9O4S. The van der Waals surface area contributed by atoms with Gasteiger partial charge in [-0.1, -0.05) is 17.3 Å². The average Bonchev–Trinajstić information content (AvgIpc) is 2.85. The fraction of sp³-hybridized carbons (Fsp3) is 0.583. The predicted octanol–water partition coefficient (Wildman–Crippen LogP) is -1.39. The molecule has 1 saturated heterocycles. The Bertz CT molecular complexity index is 973. The van der Waals surface area contributed by atoms with Gasteiger partial charge >= 0.3 is 0 Å². The number of nitroso groups, excluding NO2 is 1. The van der Waals surface area contributed by atoms with Crippen LogP contribution in [0.3, 0.4) is 0 Å². The summed E-state index contributed by atoms with van der Waals surface area (Å²) in [6.07, 6.45) is 0.550. The average molecular weight is 548 g/mol. The number of benzene rings is 1. The van der Waals surface area contributed by atoms with E-state index in [1.807, 2.05) is 39.0 Å². The highest BCUT2D eigenvalue weighted by Crippen LogP contribution is 2.19. The summed E-state index contributed by atoms with van der Waals surface area (Å²) in [7, 11) is 0. The number of amides is 3. The van der Waals surface area contributed by atoms with Crippen molar-refractivity contribution in [2.24, 2.45) is 22.4 Å². The zero-order valence-corrected chi connectivity index (χ0v) is 22.4. The Morgan fingerprint density at radius 1 is 0.868 bits per heavy atom. The fourth-order valence-electron chi connectivity index (χ4n) is 4.52. The van der Waals surface area contributed by atoms with Crippen LogP contribution in [-0.2, 0) is 20.8 Å². The first-order chi connectivity index (χ1) is 18.2. The minimum absolute atomic E-state index is 0.00101. The summed E-state index contributed by atoms with van der Waals surface area (Å²) in [5.74, 6) is -1.42. The molecule has 13 nitrogen and oxygen atoms in total. The first-order valence-corrected chi connectivity index (χ1v) is 13.2. The summed E-state index contributed by atoms with van der Waals surface area (Å²) in [5, 5.41) is 13.9. The van der Waals surface area contributed by atoms with E-state index in [1.165, 1.54) is 0 Å². The lowest BCUT2D eigenvalue weighted by atomic mass is 10.0. The van der Waals surface area contributed by atoms with Crippen molar-refractivity contribution in [3.05, 3.63) is 34.7 Å². The Hall–Kier alpha value is -3.09. The van der Waals surface area contributed by atoms with Crippen LogP contribution in [0.4, 0.5) is 0 Å². The molecule has 2 rings (SSSR count). The fourth-order valence-corrected chi connectivity index (χ4v) is 4.89. The lowest BCUT2D eigenvalue weighted by Crippen LogP contribution is -2.54. The molecule has 1 fully saturated rings. The first-order valence-electron chi connectivity index (χ1n) is 12.4. The van der Waals surface area contributed by atoms with Crippen LogP contribution in [0.1, 0.15) is 5.56 Å². The third kappa shape index (κ3) is 12.0. The number of thioether (sulfide) groups is 1. The zero-order chi connectivity index (χ0) is 27.9. The van der Waals surface area contributed by atoms with Crippen molar-refractivity contribution in [2.75, 3.05) is 78.5 Å². The molecule has 0 aromatic heterocycles. The molecule has 1 aliphatic heterocycles. The summed E-state index contributed by atoms with van der Waals surface area (Å²) >= 11 is 1.07. The molecule has 1 aromatic rings. The number of carbonyl (C=O) groups excluding carboxylic acids is 3. The van der Waals surface area contributed by atoms with Crippen LogP contribution in [0.15, 0.2) is 34.3 Å². The van der Waals surface area contributed by atoms with E-state index in [0.717, 1.165) is 22.2 Å². The highest BCUT2D eigenvalue weighted by molar-refractivity contribution is 8.03. The lowest BCUT2D eigenvalue weighted by Gasteiger charge is -2.38. The quantitative estimate of drug-likeness (QED) is 0.159. The molecule has 14 heteroatoms. The van der Waals surface area contributed by atoms with Gasteiger partial charge in [-0.05, 0) is 35.9 Å². The molecule has 3 amide bonds. The zero-order valence-electron chi connectivity index (χ0n) is 21.5. The highest BCUT2D eigenvalue weighted by Gasteiger charge is 2.26. The topological polar surface area (TPSA) is 195 Å². The molecule has 6 N–H and O–H groups in total. The normalized spacial score (nSPS) is 19.1. The third-order valence-electron chi connectivity index (χ3n) is 6.34. The summed E-state index contributed by atoms with van der Waals surface area (Å²) < 4.78 is 0. The van der Waals surface area contributed by atoms with Gasteiger partial charge < -0.3 is 17.2 Å². The summed E-state index contributed by atoms with van der Waals surface area (Å²) in [6, 6.07) is 7.39. The molecule has 0 bridgehead atoms. The summed E-state index contributed by atoms with van der Waals surface area (Å²) in [5.41, 5.74) is 17.7. The smallest absolute Gasteiger partial charge is 0.231 e. The van der Waals surface area contributed by atoms with E-state index in [-0.39, 0.29) is 32.2 Å². The molecular weight excluding hydrogens is 510 g/mol. The minimum Gasteiger partial charge on any atom is -0.369 e. The maximum absolute atomic E-state index is 12.0. The number of nitrogens with zero attached hydrogens (tertiary/aromatic N) is 6. The Balaban J connectivity index is 2.38. The second kappa shape index (κ2) is 16.7. The van der Waals surface area contributed by atoms with Crippen molar-refractivity contribution in [1.82, 2.24) is 19.6 Å². The number of hydrogen-bond acceptors (Lipinski definition) is 11. The second-order valence-corrected chi connectivity index (χ2v) is 10.1. The van der Waals surface area contributed by atoms with E-state index in [1.54, 1.807) is 0 Å². The highest BCUT2D eigenvalue weighted by atomic mass is 32.2. The Kier molecular flexibility index (Phi) is 13.7. The maximum atomic E-state index is 12.0. The second-order valence-electron chi connectivity index (χ2n) is 9.27. The number of thiocyanates is 1. The summed E-state index contributed by atoms with van der Waals surface area (Å²) in [4.78, 5) is 55.2. The van der Waals surface area contributed by atoms with E-state index < -0.39 is 17.7 Å². The van der Waals surface area contributed by atoms with E-state index in [2.05, 4.69) is 15.5 Å². The van der Waals surface area contributed by atoms with Crippen molar-refractivity contribution in [1.29, 1.82) is 5.26 Å². The molecule has 0 spiro atoms. The van der Waals surface area contributed by atoms with Gasteiger partial charge in [0, 0.05) is 63.3 Å². The predicted molar refractivity (Wildman–Crippen MR) is 145 cm³/mol. The van der Waals surface area contributed by atoms with E-state index in [9.17, 15) is 19.3 Å². The minimum atomic E-state index is -0.488. The van der Waals surface area contributed by atoms with E-state index in [0.29, 0.717) is 58.8 Å². The van der Waals surface area contributed by atoms with Crippen LogP contribution in [-0.4, -0.2) is 122 Å². The van der Waals surface area contributed by atoms with Crippen molar-refractivity contribution >= 4 is 29.5 Å². The van der Waals surface area contributed by atoms with Gasteiger partial charge in [-0.25, -0.2) is 0 Å². The van der Waals surface area contributed by atoms with Gasteiger partial charge in [0.15, 0.2) is 0 Å². The number of rotatable bonds is 12. The van der Waals surface area contributed by atoms with Crippen LogP contribution in [0.5, 0.6) is 0 Å². The Morgan fingerprint density at radius 3 is 2.00 bits per heavy atom. The molecule has 0 aliphatic carbocycles. The number of carbonyl (C=O) groups is 3. The number of nitrogens with two attached hydrogens (primary N) is 3. The van der Waals surface area contributed by atoms with Gasteiger partial charge in [0.25, 0.3) is 0 Å². The van der Waals surface area contributed by atoms with Gasteiger partial charge in [0.2, 0.25) is 17.7 Å². The van der Waals surface area contributed by atoms with E-state index >= 15 is 0 Å². The van der Waals surface area contributed by atoms with Crippen molar-refractivity contribution in [3.8, 4) is 5.40 Å². The number of nitriles is 1. The molecule has 1 atom stereocenters. The van der Waals surface area contributed by atoms with Crippen LogP contribution in [0, 0.1) is 15.6 Å². The molecule has 208 valence electrons. The van der Waals surface area contributed by atoms with Crippen LogP contribution < -0.4 is 17.2 Å². The molecule has 0 radical (unpaired) electrons.